The standard InChI is InChI=1S/C29H31N3O4/c1-36-27-18-22(14-15-26(27)33)20-32(24-12-6-3-7-13-24)29(35)25(17-21-9-8-16-30-19-21)31-28(34)23-10-4-2-5-11-23/h2,4-5,8-11,14-19,24,33H,3,6-7,12-13,20H2,1H3,(H,31,34)/b25-17-. The van der Waals surface area contributed by atoms with E-state index in [0.717, 1.165) is 37.7 Å². The van der Waals surface area contributed by atoms with E-state index >= 15 is 0 Å². The number of methoxy groups -OCH3 is 1. The van der Waals surface area contributed by atoms with Gasteiger partial charge in [0.15, 0.2) is 11.5 Å². The van der Waals surface area contributed by atoms with Crippen molar-refractivity contribution in [2.75, 3.05) is 7.11 Å². The third kappa shape index (κ3) is 6.30. The fourth-order valence-corrected chi connectivity index (χ4v) is 4.49. The summed E-state index contributed by atoms with van der Waals surface area (Å²) in [6.45, 7) is 0.325. The van der Waals surface area contributed by atoms with Gasteiger partial charge in [0.2, 0.25) is 0 Å². The first-order valence-electron chi connectivity index (χ1n) is 12.2. The smallest absolute Gasteiger partial charge is 0.270 e. The fourth-order valence-electron chi connectivity index (χ4n) is 4.49. The van der Waals surface area contributed by atoms with Crippen LogP contribution in [-0.2, 0) is 11.3 Å². The summed E-state index contributed by atoms with van der Waals surface area (Å²) in [5.41, 5.74) is 2.20. The van der Waals surface area contributed by atoms with Crippen molar-refractivity contribution in [3.63, 3.8) is 0 Å². The number of carbonyl (C=O) groups is 2. The molecule has 186 valence electrons. The number of phenols is 1. The second-order valence-electron chi connectivity index (χ2n) is 8.90. The minimum absolute atomic E-state index is 0.0389. The lowest BCUT2D eigenvalue weighted by Gasteiger charge is -2.35. The highest BCUT2D eigenvalue weighted by Crippen LogP contribution is 2.30. The zero-order valence-electron chi connectivity index (χ0n) is 20.4. The van der Waals surface area contributed by atoms with Crippen LogP contribution >= 0.6 is 0 Å². The Labute approximate surface area is 211 Å². The number of carbonyl (C=O) groups excluding carboxylic acids is 2. The van der Waals surface area contributed by atoms with Crippen molar-refractivity contribution >= 4 is 17.9 Å². The van der Waals surface area contributed by atoms with Crippen LogP contribution in [0.2, 0.25) is 0 Å². The molecule has 1 aliphatic rings. The molecule has 4 rings (SSSR count). The lowest BCUT2D eigenvalue weighted by atomic mass is 9.93. The molecule has 0 bridgehead atoms. The summed E-state index contributed by atoms with van der Waals surface area (Å²) in [5, 5.41) is 12.9. The molecule has 7 heteroatoms. The second-order valence-corrected chi connectivity index (χ2v) is 8.90. The number of aromatic hydroxyl groups is 1. The van der Waals surface area contributed by atoms with E-state index in [4.69, 9.17) is 4.74 Å². The summed E-state index contributed by atoms with van der Waals surface area (Å²) >= 11 is 0. The number of rotatable bonds is 8. The Morgan fingerprint density at radius 1 is 1.08 bits per heavy atom. The average molecular weight is 486 g/mol. The Morgan fingerprint density at radius 2 is 1.86 bits per heavy atom. The number of pyridine rings is 1. The van der Waals surface area contributed by atoms with Crippen molar-refractivity contribution in [2.45, 2.75) is 44.7 Å². The van der Waals surface area contributed by atoms with Crippen molar-refractivity contribution in [3.05, 3.63) is 95.4 Å². The first kappa shape index (κ1) is 25.0. The maximum Gasteiger partial charge on any atom is 0.270 e. The maximum atomic E-state index is 14.1. The van der Waals surface area contributed by atoms with Crippen LogP contribution in [0.15, 0.2) is 78.8 Å². The van der Waals surface area contributed by atoms with Gasteiger partial charge in [-0.25, -0.2) is 0 Å². The third-order valence-corrected chi connectivity index (χ3v) is 6.38. The molecule has 3 aromatic rings. The molecule has 1 aromatic heterocycles. The zero-order valence-corrected chi connectivity index (χ0v) is 20.4. The third-order valence-electron chi connectivity index (χ3n) is 6.38. The van der Waals surface area contributed by atoms with Crippen molar-refractivity contribution in [3.8, 4) is 11.5 Å². The highest BCUT2D eigenvalue weighted by atomic mass is 16.5. The molecular weight excluding hydrogens is 454 g/mol. The van der Waals surface area contributed by atoms with Crippen LogP contribution in [-0.4, -0.2) is 40.0 Å². The minimum atomic E-state index is -0.353. The van der Waals surface area contributed by atoms with Crippen LogP contribution in [0, 0.1) is 0 Å². The van der Waals surface area contributed by atoms with Gasteiger partial charge < -0.3 is 20.1 Å². The molecule has 1 saturated carbocycles. The van der Waals surface area contributed by atoms with Crippen LogP contribution in [0.5, 0.6) is 11.5 Å². The van der Waals surface area contributed by atoms with Gasteiger partial charge in [0.1, 0.15) is 5.70 Å². The topological polar surface area (TPSA) is 91.8 Å². The van der Waals surface area contributed by atoms with Crippen LogP contribution in [0.1, 0.15) is 53.6 Å². The number of hydrogen-bond donors (Lipinski definition) is 2. The summed E-state index contributed by atoms with van der Waals surface area (Å²) in [6, 6.07) is 17.6. The molecule has 0 radical (unpaired) electrons. The normalized spacial score (nSPS) is 14.2. The number of nitrogens with zero attached hydrogens (tertiary/aromatic N) is 2. The lowest BCUT2D eigenvalue weighted by molar-refractivity contribution is -0.131. The quantitative estimate of drug-likeness (QED) is 0.442. The number of hydrogen-bond acceptors (Lipinski definition) is 5. The Bertz CT molecular complexity index is 1210. The molecule has 0 saturated heterocycles. The van der Waals surface area contributed by atoms with Gasteiger partial charge >= 0.3 is 0 Å². The molecule has 0 atom stereocenters. The number of phenolic OH excluding ortho intramolecular Hbond substituents is 1. The number of benzene rings is 2. The van der Waals surface area contributed by atoms with Crippen molar-refractivity contribution in [2.24, 2.45) is 0 Å². The molecule has 2 aromatic carbocycles. The van der Waals surface area contributed by atoms with Crippen LogP contribution in [0.4, 0.5) is 0 Å². The van der Waals surface area contributed by atoms with E-state index in [2.05, 4.69) is 10.3 Å². The van der Waals surface area contributed by atoms with Gasteiger partial charge in [-0.2, -0.15) is 0 Å². The first-order chi connectivity index (χ1) is 17.5. The van der Waals surface area contributed by atoms with E-state index in [0.29, 0.717) is 23.4 Å². The molecule has 2 N–H and O–H groups in total. The molecule has 0 spiro atoms. The molecule has 0 unspecified atom stereocenters. The summed E-state index contributed by atoms with van der Waals surface area (Å²) in [4.78, 5) is 33.1. The van der Waals surface area contributed by atoms with Gasteiger partial charge in [-0.3, -0.25) is 14.6 Å². The molecule has 2 amide bonds. The highest BCUT2D eigenvalue weighted by molar-refractivity contribution is 6.05. The summed E-state index contributed by atoms with van der Waals surface area (Å²) in [6.07, 6.45) is 10.0. The zero-order chi connectivity index (χ0) is 25.3. The van der Waals surface area contributed by atoms with Crippen LogP contribution in [0.25, 0.3) is 6.08 Å². The van der Waals surface area contributed by atoms with E-state index < -0.39 is 0 Å². The predicted molar refractivity (Wildman–Crippen MR) is 138 cm³/mol. The second kappa shape index (κ2) is 12.0. The molecule has 7 nitrogen and oxygen atoms in total. The SMILES string of the molecule is COc1cc(CN(C(=O)/C(=C/c2cccnc2)NC(=O)c2ccccc2)C2CCCCC2)ccc1O. The van der Waals surface area contributed by atoms with Gasteiger partial charge in [-0.15, -0.1) is 0 Å². The maximum absolute atomic E-state index is 14.1. The van der Waals surface area contributed by atoms with Crippen LogP contribution < -0.4 is 10.1 Å². The monoisotopic (exact) mass is 485 g/mol. The van der Waals surface area contributed by atoms with Crippen LogP contribution in [0.3, 0.4) is 0 Å². The van der Waals surface area contributed by atoms with E-state index in [1.165, 1.54) is 7.11 Å². The minimum Gasteiger partial charge on any atom is -0.504 e. The van der Waals surface area contributed by atoms with Crippen molar-refractivity contribution in [1.82, 2.24) is 15.2 Å². The van der Waals surface area contributed by atoms with E-state index in [1.54, 1.807) is 67.0 Å². The van der Waals surface area contributed by atoms with Gasteiger partial charge in [0, 0.05) is 30.5 Å². The number of nitrogens with one attached hydrogen (secondary N) is 1. The summed E-state index contributed by atoms with van der Waals surface area (Å²) < 4.78 is 5.27. The van der Waals surface area contributed by atoms with Gasteiger partial charge in [0.05, 0.1) is 7.11 Å². The molecule has 1 heterocycles. The Hall–Kier alpha value is -4.13. The molecule has 1 fully saturated rings. The summed E-state index contributed by atoms with van der Waals surface area (Å²) in [5.74, 6) is -0.216. The average Bonchev–Trinajstić information content (AvgIpc) is 2.93. The Kier molecular flexibility index (Phi) is 8.34. The fraction of sp³-hybridized carbons (Fsp3) is 0.276. The van der Waals surface area contributed by atoms with E-state index in [-0.39, 0.29) is 29.3 Å². The molecule has 36 heavy (non-hydrogen) atoms. The number of ether oxygens (including phenoxy) is 1. The molecule has 0 aliphatic heterocycles. The van der Waals surface area contributed by atoms with E-state index in [9.17, 15) is 14.7 Å². The predicted octanol–water partition coefficient (Wildman–Crippen LogP) is 4.93. The lowest BCUT2D eigenvalue weighted by Crippen LogP contribution is -2.44. The molecule has 1 aliphatic carbocycles. The Balaban J connectivity index is 1.69. The largest absolute Gasteiger partial charge is 0.504 e. The highest BCUT2D eigenvalue weighted by Gasteiger charge is 2.29. The van der Waals surface area contributed by atoms with Gasteiger partial charge in [-0.1, -0.05) is 49.6 Å². The van der Waals surface area contributed by atoms with E-state index in [1.807, 2.05) is 17.0 Å². The van der Waals surface area contributed by atoms with Gasteiger partial charge in [0.25, 0.3) is 11.8 Å². The van der Waals surface area contributed by atoms with Crippen molar-refractivity contribution < 1.29 is 19.4 Å². The number of amides is 2. The van der Waals surface area contributed by atoms with Gasteiger partial charge in [-0.05, 0) is 60.4 Å². The molecular formula is C29H31N3O4. The summed E-state index contributed by atoms with van der Waals surface area (Å²) in [7, 11) is 1.50. The Morgan fingerprint density at radius 3 is 2.56 bits per heavy atom. The number of aromatic nitrogens is 1. The van der Waals surface area contributed by atoms with Crippen molar-refractivity contribution in [1.29, 1.82) is 0 Å². The first-order valence-corrected chi connectivity index (χ1v) is 12.2.